The lowest BCUT2D eigenvalue weighted by Crippen LogP contribution is -2.34. The number of nitrogens with one attached hydrogen (secondary N) is 1. The van der Waals surface area contributed by atoms with Gasteiger partial charge in [-0.2, -0.15) is 0 Å². The van der Waals surface area contributed by atoms with Gasteiger partial charge in [0.2, 0.25) is 5.91 Å². The minimum absolute atomic E-state index is 0.133. The van der Waals surface area contributed by atoms with Crippen LogP contribution < -0.4 is 5.32 Å². The van der Waals surface area contributed by atoms with Crippen LogP contribution in [0.1, 0.15) is 51.1 Å². The highest BCUT2D eigenvalue weighted by molar-refractivity contribution is 6.30. The average molecular weight is 280 g/mol. The molecule has 104 valence electrons. The fraction of sp³-hybridized carbons (Fsp3) is 0.562. The lowest BCUT2D eigenvalue weighted by Gasteiger charge is -2.22. The standard InChI is InChI=1S/C16H22ClNO/c1-3-11(4-2)16(19)18-15(12-5-6-12)13-7-9-14(17)10-8-13/h7-12,15H,3-6H2,1-2H3,(H,18,19). The molecule has 1 amide bonds. The largest absolute Gasteiger partial charge is 0.349 e. The quantitative estimate of drug-likeness (QED) is 0.824. The zero-order valence-corrected chi connectivity index (χ0v) is 12.4. The number of amides is 1. The van der Waals surface area contributed by atoms with E-state index in [4.69, 9.17) is 11.6 Å². The zero-order valence-electron chi connectivity index (χ0n) is 11.7. The van der Waals surface area contributed by atoms with E-state index in [9.17, 15) is 4.79 Å². The molecule has 3 heteroatoms. The van der Waals surface area contributed by atoms with Crippen molar-refractivity contribution < 1.29 is 4.79 Å². The Kier molecular flexibility index (Phi) is 4.87. The SMILES string of the molecule is CCC(CC)C(=O)NC(c1ccc(Cl)cc1)C1CC1. The molecule has 0 heterocycles. The van der Waals surface area contributed by atoms with Gasteiger partial charge in [-0.3, -0.25) is 4.79 Å². The van der Waals surface area contributed by atoms with Crippen LogP contribution in [0.5, 0.6) is 0 Å². The molecule has 1 aliphatic carbocycles. The van der Waals surface area contributed by atoms with Crippen molar-refractivity contribution in [3.8, 4) is 0 Å². The van der Waals surface area contributed by atoms with Crippen LogP contribution >= 0.6 is 11.6 Å². The van der Waals surface area contributed by atoms with Crippen molar-refractivity contribution in [2.75, 3.05) is 0 Å². The number of hydrogen-bond donors (Lipinski definition) is 1. The highest BCUT2D eigenvalue weighted by Gasteiger charge is 2.34. The molecule has 2 nitrogen and oxygen atoms in total. The summed E-state index contributed by atoms with van der Waals surface area (Å²) in [6, 6.07) is 8.01. The van der Waals surface area contributed by atoms with Crippen molar-refractivity contribution >= 4 is 17.5 Å². The second kappa shape index (κ2) is 6.42. The molecule has 0 aromatic heterocycles. The smallest absolute Gasteiger partial charge is 0.223 e. The number of halogens is 1. The van der Waals surface area contributed by atoms with Crippen molar-refractivity contribution in [2.45, 2.75) is 45.6 Å². The summed E-state index contributed by atoms with van der Waals surface area (Å²) in [5, 5.41) is 3.98. The minimum atomic E-state index is 0.133. The molecule has 0 bridgehead atoms. The fourth-order valence-electron chi connectivity index (χ4n) is 2.50. The van der Waals surface area contributed by atoms with Crippen molar-refractivity contribution in [1.29, 1.82) is 0 Å². The maximum absolute atomic E-state index is 12.3. The highest BCUT2D eigenvalue weighted by atomic mass is 35.5. The number of benzene rings is 1. The summed E-state index contributed by atoms with van der Waals surface area (Å²) in [5.74, 6) is 0.921. The number of carbonyl (C=O) groups excluding carboxylic acids is 1. The fourth-order valence-corrected chi connectivity index (χ4v) is 2.63. The first-order valence-electron chi connectivity index (χ1n) is 7.21. The first-order valence-corrected chi connectivity index (χ1v) is 7.59. The summed E-state index contributed by atoms with van der Waals surface area (Å²) in [5.41, 5.74) is 1.17. The van der Waals surface area contributed by atoms with Crippen LogP contribution in [0, 0.1) is 11.8 Å². The van der Waals surface area contributed by atoms with Crippen LogP contribution in [0.15, 0.2) is 24.3 Å². The van der Waals surface area contributed by atoms with Crippen molar-refractivity contribution in [3.05, 3.63) is 34.9 Å². The van der Waals surface area contributed by atoms with Crippen molar-refractivity contribution in [3.63, 3.8) is 0 Å². The van der Waals surface area contributed by atoms with Crippen LogP contribution in [0.25, 0.3) is 0 Å². The molecule has 1 aromatic carbocycles. The zero-order chi connectivity index (χ0) is 13.8. The Hall–Kier alpha value is -1.02. The van der Waals surface area contributed by atoms with E-state index < -0.39 is 0 Å². The molecule has 0 saturated heterocycles. The monoisotopic (exact) mass is 279 g/mol. The summed E-state index contributed by atoms with van der Waals surface area (Å²) in [6.07, 6.45) is 4.22. The number of hydrogen-bond acceptors (Lipinski definition) is 1. The van der Waals surface area contributed by atoms with Crippen molar-refractivity contribution in [1.82, 2.24) is 5.32 Å². The van der Waals surface area contributed by atoms with Crippen LogP contribution in [-0.4, -0.2) is 5.91 Å². The van der Waals surface area contributed by atoms with Gasteiger partial charge in [-0.15, -0.1) is 0 Å². The van der Waals surface area contributed by atoms with Gasteiger partial charge in [-0.05, 0) is 49.3 Å². The van der Waals surface area contributed by atoms with E-state index in [1.165, 1.54) is 18.4 Å². The Morgan fingerprint density at radius 1 is 1.26 bits per heavy atom. The van der Waals surface area contributed by atoms with Gasteiger partial charge in [0.05, 0.1) is 6.04 Å². The normalized spacial score (nSPS) is 16.4. The van der Waals surface area contributed by atoms with E-state index in [2.05, 4.69) is 19.2 Å². The molecule has 1 fully saturated rings. The van der Waals surface area contributed by atoms with Gasteiger partial charge in [0.15, 0.2) is 0 Å². The third-order valence-electron chi connectivity index (χ3n) is 3.98. The van der Waals surface area contributed by atoms with Gasteiger partial charge in [-0.1, -0.05) is 37.6 Å². The molecule has 1 unspecified atom stereocenters. The Balaban J connectivity index is 2.08. The third kappa shape index (κ3) is 3.73. The maximum atomic E-state index is 12.3. The maximum Gasteiger partial charge on any atom is 0.223 e. The number of carbonyl (C=O) groups is 1. The number of rotatable bonds is 6. The second-order valence-electron chi connectivity index (χ2n) is 5.39. The molecule has 2 rings (SSSR count). The van der Waals surface area contributed by atoms with Crippen LogP contribution in [0.3, 0.4) is 0 Å². The summed E-state index contributed by atoms with van der Waals surface area (Å²) in [6.45, 7) is 4.14. The average Bonchev–Trinajstić information content (AvgIpc) is 3.23. The molecule has 1 aliphatic rings. The summed E-state index contributed by atoms with van der Waals surface area (Å²) in [7, 11) is 0. The Bertz CT molecular complexity index is 421. The van der Waals surface area contributed by atoms with Crippen LogP contribution in [0.4, 0.5) is 0 Å². The van der Waals surface area contributed by atoms with Gasteiger partial charge in [-0.25, -0.2) is 0 Å². The molecule has 0 aliphatic heterocycles. The Morgan fingerprint density at radius 3 is 2.32 bits per heavy atom. The molecule has 1 atom stereocenters. The summed E-state index contributed by atoms with van der Waals surface area (Å²) in [4.78, 5) is 12.3. The highest BCUT2D eigenvalue weighted by Crippen LogP contribution is 2.41. The molecule has 1 saturated carbocycles. The second-order valence-corrected chi connectivity index (χ2v) is 5.83. The predicted molar refractivity (Wildman–Crippen MR) is 79.1 cm³/mol. The third-order valence-corrected chi connectivity index (χ3v) is 4.23. The molecule has 19 heavy (non-hydrogen) atoms. The molecular weight excluding hydrogens is 258 g/mol. The topological polar surface area (TPSA) is 29.1 Å². The Morgan fingerprint density at radius 2 is 1.84 bits per heavy atom. The summed E-state index contributed by atoms with van der Waals surface area (Å²) < 4.78 is 0. The lowest BCUT2D eigenvalue weighted by molar-refractivity contribution is -0.126. The van der Waals surface area contributed by atoms with E-state index in [1.54, 1.807) is 0 Å². The molecule has 0 radical (unpaired) electrons. The lowest BCUT2D eigenvalue weighted by atomic mass is 9.98. The molecular formula is C16H22ClNO. The predicted octanol–water partition coefficient (Wildman–Crippen LogP) is 4.34. The Labute approximate surface area is 120 Å². The van der Waals surface area contributed by atoms with E-state index in [1.807, 2.05) is 24.3 Å². The van der Waals surface area contributed by atoms with Gasteiger partial charge in [0, 0.05) is 10.9 Å². The first kappa shape index (κ1) is 14.4. The van der Waals surface area contributed by atoms with Gasteiger partial charge in [0.25, 0.3) is 0 Å². The van der Waals surface area contributed by atoms with E-state index in [0.717, 1.165) is 17.9 Å². The first-order chi connectivity index (χ1) is 9.15. The van der Waals surface area contributed by atoms with Gasteiger partial charge in [0.1, 0.15) is 0 Å². The van der Waals surface area contributed by atoms with E-state index in [0.29, 0.717) is 5.92 Å². The van der Waals surface area contributed by atoms with Crippen LogP contribution in [-0.2, 0) is 4.79 Å². The van der Waals surface area contributed by atoms with Gasteiger partial charge >= 0.3 is 0 Å². The molecule has 1 N–H and O–H groups in total. The molecule has 0 spiro atoms. The summed E-state index contributed by atoms with van der Waals surface area (Å²) >= 11 is 5.93. The molecule has 1 aromatic rings. The minimum Gasteiger partial charge on any atom is -0.349 e. The van der Waals surface area contributed by atoms with E-state index in [-0.39, 0.29) is 17.9 Å². The van der Waals surface area contributed by atoms with Gasteiger partial charge < -0.3 is 5.32 Å². The van der Waals surface area contributed by atoms with E-state index >= 15 is 0 Å². The van der Waals surface area contributed by atoms with Crippen LogP contribution in [0.2, 0.25) is 5.02 Å². The van der Waals surface area contributed by atoms with Crippen molar-refractivity contribution in [2.24, 2.45) is 11.8 Å².